The fourth-order valence-electron chi connectivity index (χ4n) is 3.10. The number of carbonyl (C=O) groups excluding carboxylic acids is 1. The third-order valence-electron chi connectivity index (χ3n) is 4.83. The van der Waals surface area contributed by atoms with E-state index in [1.165, 1.54) is 12.1 Å². The smallest absolute Gasteiger partial charge is 0.262 e. The summed E-state index contributed by atoms with van der Waals surface area (Å²) in [5.74, 6) is 0.781. The molecule has 0 aliphatic rings. The topological polar surface area (TPSA) is 93.7 Å². The highest BCUT2D eigenvalue weighted by Crippen LogP contribution is 2.24. The molecule has 2 N–H and O–H groups in total. The second-order valence-corrected chi connectivity index (χ2v) is 8.79. The predicted molar refractivity (Wildman–Crippen MR) is 125 cm³/mol. The van der Waals surface area contributed by atoms with Crippen LogP contribution in [0.2, 0.25) is 0 Å². The maximum atomic E-state index is 12.7. The maximum absolute atomic E-state index is 12.7. The second kappa shape index (κ2) is 10.2. The molecule has 8 heteroatoms. The molecule has 0 spiro atoms. The summed E-state index contributed by atoms with van der Waals surface area (Å²) in [5.41, 5.74) is 2.82. The molecule has 168 valence electrons. The highest BCUT2D eigenvalue weighted by atomic mass is 32.2. The lowest BCUT2D eigenvalue weighted by Crippen LogP contribution is -2.21. The van der Waals surface area contributed by atoms with E-state index in [0.29, 0.717) is 22.7 Å². The lowest BCUT2D eigenvalue weighted by Gasteiger charge is -2.13. The van der Waals surface area contributed by atoms with Gasteiger partial charge < -0.3 is 14.8 Å². The molecule has 0 aliphatic heterocycles. The summed E-state index contributed by atoms with van der Waals surface area (Å²) in [4.78, 5) is 12.4. The summed E-state index contributed by atoms with van der Waals surface area (Å²) >= 11 is 0. The van der Waals surface area contributed by atoms with Gasteiger partial charge in [-0.2, -0.15) is 0 Å². The average molecular weight is 455 g/mol. The minimum atomic E-state index is -3.78. The molecule has 32 heavy (non-hydrogen) atoms. The molecule has 3 aromatic carbocycles. The number of amides is 1. The third kappa shape index (κ3) is 5.79. The molecule has 3 aromatic rings. The van der Waals surface area contributed by atoms with Gasteiger partial charge in [0.05, 0.1) is 12.0 Å². The van der Waals surface area contributed by atoms with E-state index < -0.39 is 10.0 Å². The van der Waals surface area contributed by atoms with Gasteiger partial charge in [0.15, 0.2) is 6.61 Å². The highest BCUT2D eigenvalue weighted by Gasteiger charge is 2.16. The van der Waals surface area contributed by atoms with Gasteiger partial charge in [-0.25, -0.2) is 8.42 Å². The molecule has 0 atom stereocenters. The standard InChI is InChI=1S/C24H26N2O5S/c1-4-18-7-5-6-8-22(18)25-24(27)16-31-23-14-13-21(15-17(23)2)32(28,29)26-19-9-11-20(30-3)12-10-19/h5-15,26H,4,16H2,1-3H3,(H,25,27). The zero-order valence-electron chi connectivity index (χ0n) is 18.2. The molecule has 7 nitrogen and oxygen atoms in total. The fourth-order valence-corrected chi connectivity index (χ4v) is 4.25. The van der Waals surface area contributed by atoms with Gasteiger partial charge >= 0.3 is 0 Å². The van der Waals surface area contributed by atoms with Crippen molar-refractivity contribution in [2.45, 2.75) is 25.2 Å². The number of anilines is 2. The molecule has 0 radical (unpaired) electrons. The normalized spacial score (nSPS) is 11.0. The van der Waals surface area contributed by atoms with E-state index in [0.717, 1.165) is 17.7 Å². The Kier molecular flexibility index (Phi) is 7.37. The largest absolute Gasteiger partial charge is 0.497 e. The van der Waals surface area contributed by atoms with Crippen LogP contribution in [0.15, 0.2) is 71.6 Å². The van der Waals surface area contributed by atoms with Crippen molar-refractivity contribution in [3.8, 4) is 11.5 Å². The summed E-state index contributed by atoms with van der Waals surface area (Å²) in [5, 5.41) is 2.84. The summed E-state index contributed by atoms with van der Waals surface area (Å²) in [6, 6.07) is 18.7. The van der Waals surface area contributed by atoms with Gasteiger partial charge in [0.25, 0.3) is 15.9 Å². The van der Waals surface area contributed by atoms with Gasteiger partial charge in [-0.15, -0.1) is 0 Å². The Bertz CT molecular complexity index is 1190. The number of hydrogen-bond donors (Lipinski definition) is 2. The first-order valence-electron chi connectivity index (χ1n) is 10.1. The van der Waals surface area contributed by atoms with Crippen molar-refractivity contribution in [1.82, 2.24) is 0 Å². The van der Waals surface area contributed by atoms with Crippen molar-refractivity contribution < 1.29 is 22.7 Å². The molecule has 0 aliphatic carbocycles. The van der Waals surface area contributed by atoms with E-state index in [4.69, 9.17) is 9.47 Å². The number of carbonyl (C=O) groups is 1. The van der Waals surface area contributed by atoms with E-state index in [2.05, 4.69) is 10.0 Å². The third-order valence-corrected chi connectivity index (χ3v) is 6.21. The number of benzene rings is 3. The lowest BCUT2D eigenvalue weighted by atomic mass is 10.1. The number of hydrogen-bond acceptors (Lipinski definition) is 5. The van der Waals surface area contributed by atoms with Crippen LogP contribution < -0.4 is 19.5 Å². The van der Waals surface area contributed by atoms with Crippen molar-refractivity contribution in [1.29, 1.82) is 0 Å². The van der Waals surface area contributed by atoms with Crippen LogP contribution in [-0.2, 0) is 21.2 Å². The second-order valence-electron chi connectivity index (χ2n) is 7.11. The first kappa shape index (κ1) is 23.1. The van der Waals surface area contributed by atoms with Gasteiger partial charge in [0.2, 0.25) is 0 Å². The Balaban J connectivity index is 1.64. The molecule has 0 heterocycles. The van der Waals surface area contributed by atoms with Gasteiger partial charge in [0, 0.05) is 11.4 Å². The van der Waals surface area contributed by atoms with Crippen molar-refractivity contribution in [3.63, 3.8) is 0 Å². The minimum Gasteiger partial charge on any atom is -0.497 e. The summed E-state index contributed by atoms with van der Waals surface area (Å²) < 4.78 is 38.6. The number of methoxy groups -OCH3 is 1. The fraction of sp³-hybridized carbons (Fsp3) is 0.208. The summed E-state index contributed by atoms with van der Waals surface area (Å²) in [6.07, 6.45) is 0.802. The predicted octanol–water partition coefficient (Wildman–Crippen LogP) is 4.38. The van der Waals surface area contributed by atoms with Gasteiger partial charge in [-0.3, -0.25) is 9.52 Å². The Morgan fingerprint density at radius 2 is 1.72 bits per heavy atom. The summed E-state index contributed by atoms with van der Waals surface area (Å²) in [7, 11) is -2.24. The molecule has 0 fully saturated rings. The van der Waals surface area contributed by atoms with Crippen LogP contribution in [0.3, 0.4) is 0 Å². The van der Waals surface area contributed by atoms with Crippen molar-refractivity contribution in [3.05, 3.63) is 77.9 Å². The Morgan fingerprint density at radius 1 is 1.00 bits per heavy atom. The van der Waals surface area contributed by atoms with Gasteiger partial charge in [-0.05, 0) is 73.0 Å². The van der Waals surface area contributed by atoms with E-state index in [9.17, 15) is 13.2 Å². The van der Waals surface area contributed by atoms with Crippen molar-refractivity contribution in [2.75, 3.05) is 23.8 Å². The van der Waals surface area contributed by atoms with Crippen molar-refractivity contribution in [2.24, 2.45) is 0 Å². The van der Waals surface area contributed by atoms with Gasteiger partial charge in [0.1, 0.15) is 11.5 Å². The molecule has 0 bridgehead atoms. The van der Waals surface area contributed by atoms with Crippen LogP contribution in [0.25, 0.3) is 0 Å². The molecule has 0 saturated carbocycles. The molecular formula is C24H26N2O5S. The quantitative estimate of drug-likeness (QED) is 0.500. The SMILES string of the molecule is CCc1ccccc1NC(=O)COc1ccc(S(=O)(=O)Nc2ccc(OC)cc2)cc1C. The van der Waals surface area contributed by atoms with Crippen LogP contribution in [0.5, 0.6) is 11.5 Å². The molecule has 3 rings (SSSR count). The molecule has 0 unspecified atom stereocenters. The van der Waals surface area contributed by atoms with Gasteiger partial charge in [-0.1, -0.05) is 25.1 Å². The molecule has 0 aromatic heterocycles. The first-order valence-corrected chi connectivity index (χ1v) is 11.6. The van der Waals surface area contributed by atoms with Crippen LogP contribution >= 0.6 is 0 Å². The van der Waals surface area contributed by atoms with Crippen LogP contribution in [0.4, 0.5) is 11.4 Å². The van der Waals surface area contributed by atoms with E-state index in [-0.39, 0.29) is 17.4 Å². The molecular weight excluding hydrogens is 428 g/mol. The number of rotatable bonds is 9. The molecule has 0 saturated heterocycles. The monoisotopic (exact) mass is 454 g/mol. The number of nitrogens with one attached hydrogen (secondary N) is 2. The van der Waals surface area contributed by atoms with E-state index in [1.54, 1.807) is 44.4 Å². The highest BCUT2D eigenvalue weighted by molar-refractivity contribution is 7.92. The zero-order valence-corrected chi connectivity index (χ0v) is 19.0. The lowest BCUT2D eigenvalue weighted by molar-refractivity contribution is -0.118. The Morgan fingerprint density at radius 3 is 2.38 bits per heavy atom. The Labute approximate surface area is 188 Å². The number of aryl methyl sites for hydroxylation is 2. The van der Waals surface area contributed by atoms with Crippen LogP contribution in [0.1, 0.15) is 18.1 Å². The number of ether oxygens (including phenoxy) is 2. The summed E-state index contributed by atoms with van der Waals surface area (Å²) in [6.45, 7) is 3.56. The van der Waals surface area contributed by atoms with E-state index >= 15 is 0 Å². The number of para-hydroxylation sites is 1. The van der Waals surface area contributed by atoms with Crippen LogP contribution in [-0.4, -0.2) is 28.0 Å². The zero-order chi connectivity index (χ0) is 23.1. The first-order chi connectivity index (χ1) is 15.3. The van der Waals surface area contributed by atoms with Crippen molar-refractivity contribution >= 4 is 27.3 Å². The average Bonchev–Trinajstić information content (AvgIpc) is 2.79. The molecule has 1 amide bonds. The maximum Gasteiger partial charge on any atom is 0.262 e. The Hall–Kier alpha value is -3.52. The van der Waals surface area contributed by atoms with E-state index in [1.807, 2.05) is 31.2 Å². The number of sulfonamides is 1. The van der Waals surface area contributed by atoms with Crippen LogP contribution in [0, 0.1) is 6.92 Å². The minimum absolute atomic E-state index is 0.0968.